The van der Waals surface area contributed by atoms with Gasteiger partial charge in [-0.15, -0.1) is 0 Å². The summed E-state index contributed by atoms with van der Waals surface area (Å²) in [5.74, 6) is -0.579. The molecule has 2 aromatic rings. The molecule has 0 saturated heterocycles. The molecule has 1 atom stereocenters. The van der Waals surface area contributed by atoms with Crippen molar-refractivity contribution in [2.45, 2.75) is 46.2 Å². The number of nitrogens with zero attached hydrogens (tertiary/aromatic N) is 4. The van der Waals surface area contributed by atoms with E-state index in [-0.39, 0.29) is 23.0 Å². The molecule has 0 bridgehead atoms. The second kappa shape index (κ2) is 5.82. The smallest absolute Gasteiger partial charge is 0.319 e. The third-order valence-electron chi connectivity index (χ3n) is 3.48. The van der Waals surface area contributed by atoms with Crippen molar-refractivity contribution in [2.24, 2.45) is 0 Å². The highest BCUT2D eigenvalue weighted by Gasteiger charge is 2.25. The molecule has 0 radical (unpaired) electrons. The minimum atomic E-state index is -0.647. The van der Waals surface area contributed by atoms with E-state index >= 15 is 0 Å². The second-order valence-electron chi connectivity index (χ2n) is 6.37. The molecule has 2 aromatic heterocycles. The first kappa shape index (κ1) is 16.7. The van der Waals surface area contributed by atoms with E-state index in [0.29, 0.717) is 0 Å². The van der Waals surface area contributed by atoms with Crippen LogP contribution in [-0.4, -0.2) is 30.8 Å². The molecule has 0 saturated carbocycles. The SMILES string of the molecule is Cc1nn(C(C)(C)C)cc1[C@H](C)NC(=O)c1[nH]ncc1[N+](=O)[O-]. The van der Waals surface area contributed by atoms with Gasteiger partial charge < -0.3 is 5.32 Å². The van der Waals surface area contributed by atoms with E-state index in [1.807, 2.05) is 38.6 Å². The van der Waals surface area contributed by atoms with Crippen LogP contribution in [0.1, 0.15) is 55.5 Å². The summed E-state index contributed by atoms with van der Waals surface area (Å²) in [7, 11) is 0. The number of H-pyrrole nitrogens is 1. The fourth-order valence-electron chi connectivity index (χ4n) is 2.17. The van der Waals surface area contributed by atoms with Gasteiger partial charge in [-0.1, -0.05) is 0 Å². The Morgan fingerprint density at radius 1 is 1.48 bits per heavy atom. The number of hydrogen-bond donors (Lipinski definition) is 2. The predicted octanol–water partition coefficient (Wildman–Crippen LogP) is 2.07. The van der Waals surface area contributed by atoms with E-state index in [1.54, 1.807) is 6.92 Å². The minimum Gasteiger partial charge on any atom is -0.344 e. The third-order valence-corrected chi connectivity index (χ3v) is 3.48. The molecule has 2 N–H and O–H groups in total. The lowest BCUT2D eigenvalue weighted by atomic mass is 10.1. The van der Waals surface area contributed by atoms with Gasteiger partial charge in [0, 0.05) is 11.8 Å². The summed E-state index contributed by atoms with van der Waals surface area (Å²) < 4.78 is 1.83. The average Bonchev–Trinajstić information content (AvgIpc) is 3.03. The summed E-state index contributed by atoms with van der Waals surface area (Å²) in [6.45, 7) is 9.75. The quantitative estimate of drug-likeness (QED) is 0.660. The summed E-state index contributed by atoms with van der Waals surface area (Å²) in [4.78, 5) is 22.4. The number of amides is 1. The molecule has 9 heteroatoms. The molecule has 0 unspecified atom stereocenters. The predicted molar refractivity (Wildman–Crippen MR) is 83.1 cm³/mol. The van der Waals surface area contributed by atoms with Crippen LogP contribution in [0.4, 0.5) is 5.69 Å². The van der Waals surface area contributed by atoms with Crippen LogP contribution in [0, 0.1) is 17.0 Å². The van der Waals surface area contributed by atoms with E-state index in [9.17, 15) is 14.9 Å². The average molecular weight is 320 g/mol. The highest BCUT2D eigenvalue weighted by Crippen LogP contribution is 2.22. The summed E-state index contributed by atoms with van der Waals surface area (Å²) in [6, 6.07) is -0.346. The van der Waals surface area contributed by atoms with E-state index < -0.39 is 10.8 Å². The molecule has 0 aliphatic heterocycles. The number of nitrogens with one attached hydrogen (secondary N) is 2. The van der Waals surface area contributed by atoms with Crippen LogP contribution in [0.25, 0.3) is 0 Å². The van der Waals surface area contributed by atoms with E-state index in [2.05, 4.69) is 20.6 Å². The summed E-state index contributed by atoms with van der Waals surface area (Å²) >= 11 is 0. The number of aryl methyl sites for hydroxylation is 1. The third kappa shape index (κ3) is 3.38. The van der Waals surface area contributed by atoms with E-state index in [4.69, 9.17) is 0 Å². The topological polar surface area (TPSA) is 119 Å². The molecule has 2 heterocycles. The Kier molecular flexibility index (Phi) is 4.22. The fraction of sp³-hybridized carbons (Fsp3) is 0.500. The Hall–Kier alpha value is -2.71. The minimum absolute atomic E-state index is 0.164. The van der Waals surface area contributed by atoms with E-state index in [1.165, 1.54) is 0 Å². The number of aromatic nitrogens is 4. The Bertz CT molecular complexity index is 740. The number of hydrogen-bond acceptors (Lipinski definition) is 5. The van der Waals surface area contributed by atoms with Crippen molar-refractivity contribution in [1.29, 1.82) is 0 Å². The molecule has 124 valence electrons. The fourth-order valence-corrected chi connectivity index (χ4v) is 2.17. The zero-order chi connectivity index (χ0) is 17.4. The molecule has 0 aromatic carbocycles. The van der Waals surface area contributed by atoms with Gasteiger partial charge in [0.15, 0.2) is 0 Å². The van der Waals surface area contributed by atoms with E-state index in [0.717, 1.165) is 17.5 Å². The molecular weight excluding hydrogens is 300 g/mol. The summed E-state index contributed by atoms with van der Waals surface area (Å²) in [5, 5.41) is 24.0. The first-order valence-electron chi connectivity index (χ1n) is 7.16. The van der Waals surface area contributed by atoms with Gasteiger partial charge >= 0.3 is 5.69 Å². The Morgan fingerprint density at radius 2 is 2.13 bits per heavy atom. The van der Waals surface area contributed by atoms with Crippen molar-refractivity contribution >= 4 is 11.6 Å². The Labute approximate surface area is 133 Å². The maximum absolute atomic E-state index is 12.2. The standard InChI is InChI=1S/C14H20N6O3/c1-8(10-7-19(14(3,4)5)18-9(10)2)16-13(21)12-11(20(22)23)6-15-17-12/h6-8H,1-5H3,(H,15,17)(H,16,21)/t8-/m0/s1. The van der Waals surface area contributed by atoms with Gasteiger partial charge in [0.25, 0.3) is 5.91 Å². The normalized spacial score (nSPS) is 12.9. The van der Waals surface area contributed by atoms with Gasteiger partial charge in [-0.05, 0) is 34.6 Å². The van der Waals surface area contributed by atoms with Crippen LogP contribution in [0.3, 0.4) is 0 Å². The first-order chi connectivity index (χ1) is 10.6. The van der Waals surface area contributed by atoms with Gasteiger partial charge in [0.05, 0.1) is 22.2 Å². The number of carbonyl (C=O) groups excluding carboxylic acids is 1. The van der Waals surface area contributed by atoms with Crippen molar-refractivity contribution in [2.75, 3.05) is 0 Å². The molecule has 0 aliphatic carbocycles. The first-order valence-corrected chi connectivity index (χ1v) is 7.16. The second-order valence-corrected chi connectivity index (χ2v) is 6.37. The highest BCUT2D eigenvalue weighted by molar-refractivity contribution is 5.96. The number of aromatic amines is 1. The van der Waals surface area contributed by atoms with Gasteiger partial charge in [0.2, 0.25) is 5.69 Å². The lowest BCUT2D eigenvalue weighted by molar-refractivity contribution is -0.385. The van der Waals surface area contributed by atoms with Crippen molar-refractivity contribution in [3.63, 3.8) is 0 Å². The number of rotatable bonds is 4. The van der Waals surface area contributed by atoms with Crippen LogP contribution < -0.4 is 5.32 Å². The van der Waals surface area contributed by atoms with Crippen molar-refractivity contribution in [1.82, 2.24) is 25.3 Å². The largest absolute Gasteiger partial charge is 0.344 e. The van der Waals surface area contributed by atoms with Crippen molar-refractivity contribution < 1.29 is 9.72 Å². The van der Waals surface area contributed by atoms with Crippen LogP contribution in [-0.2, 0) is 5.54 Å². The molecule has 0 aliphatic rings. The number of carbonyl (C=O) groups is 1. The molecule has 9 nitrogen and oxygen atoms in total. The van der Waals surface area contributed by atoms with Crippen molar-refractivity contribution in [3.05, 3.63) is 39.5 Å². The van der Waals surface area contributed by atoms with Gasteiger partial charge in [-0.2, -0.15) is 10.2 Å². The summed E-state index contributed by atoms with van der Waals surface area (Å²) in [6.07, 6.45) is 2.89. The maximum atomic E-state index is 12.2. The van der Waals surface area contributed by atoms with Crippen molar-refractivity contribution in [3.8, 4) is 0 Å². The molecule has 0 spiro atoms. The zero-order valence-electron chi connectivity index (χ0n) is 13.7. The molecule has 23 heavy (non-hydrogen) atoms. The molecule has 0 fully saturated rings. The monoisotopic (exact) mass is 320 g/mol. The van der Waals surface area contributed by atoms with Gasteiger partial charge in [-0.3, -0.25) is 24.7 Å². The Balaban J connectivity index is 2.20. The molecule has 2 rings (SSSR count). The van der Waals surface area contributed by atoms with Crippen LogP contribution in [0.5, 0.6) is 0 Å². The summed E-state index contributed by atoms with van der Waals surface area (Å²) in [5.41, 5.74) is 0.969. The lowest BCUT2D eigenvalue weighted by Crippen LogP contribution is -2.28. The Morgan fingerprint density at radius 3 is 2.65 bits per heavy atom. The van der Waals surface area contributed by atoms with Crippen LogP contribution >= 0.6 is 0 Å². The highest BCUT2D eigenvalue weighted by atomic mass is 16.6. The lowest BCUT2D eigenvalue weighted by Gasteiger charge is -2.19. The van der Waals surface area contributed by atoms with Gasteiger partial charge in [0.1, 0.15) is 6.20 Å². The molecule has 1 amide bonds. The number of nitro groups is 1. The maximum Gasteiger partial charge on any atom is 0.319 e. The zero-order valence-corrected chi connectivity index (χ0v) is 13.7. The van der Waals surface area contributed by atoms with Crippen LogP contribution in [0.15, 0.2) is 12.4 Å². The van der Waals surface area contributed by atoms with Gasteiger partial charge in [-0.25, -0.2) is 0 Å². The van der Waals surface area contributed by atoms with Crippen LogP contribution in [0.2, 0.25) is 0 Å². The molecular formula is C14H20N6O3.